The zero-order valence-electron chi connectivity index (χ0n) is 13.0. The lowest BCUT2D eigenvalue weighted by Gasteiger charge is -2.24. The van der Waals surface area contributed by atoms with E-state index in [4.69, 9.17) is 9.47 Å². The third-order valence-corrected chi connectivity index (χ3v) is 3.98. The molecule has 0 amide bonds. The van der Waals surface area contributed by atoms with E-state index in [2.05, 4.69) is 11.1 Å². The van der Waals surface area contributed by atoms with Gasteiger partial charge in [0.15, 0.2) is 5.41 Å². The second-order valence-corrected chi connectivity index (χ2v) is 5.53. The van der Waals surface area contributed by atoms with Gasteiger partial charge in [-0.2, -0.15) is 5.26 Å². The van der Waals surface area contributed by atoms with Crippen molar-refractivity contribution in [2.45, 2.75) is 25.7 Å². The molecule has 0 bridgehead atoms. The molecule has 1 atom stereocenters. The predicted octanol–water partition coefficient (Wildman–Crippen LogP) is 3.12. The minimum Gasteiger partial charge on any atom is -0.465 e. The Kier molecular flexibility index (Phi) is 3.75. The molecule has 5 heteroatoms. The number of nitriles is 1. The highest BCUT2D eigenvalue weighted by Gasteiger charge is 2.38. The molecular formula is C18H16N2O3. The number of aromatic nitrogens is 1. The Morgan fingerprint density at radius 3 is 3.00 bits per heavy atom. The molecule has 2 aromatic rings. The summed E-state index contributed by atoms with van der Waals surface area (Å²) >= 11 is 0. The van der Waals surface area contributed by atoms with Crippen LogP contribution in [0.2, 0.25) is 0 Å². The molecule has 1 aliphatic rings. The maximum atomic E-state index is 12.2. The van der Waals surface area contributed by atoms with Crippen LogP contribution in [0.25, 0.3) is 0 Å². The number of esters is 1. The molecule has 0 N–H and O–H groups in total. The highest BCUT2D eigenvalue weighted by molar-refractivity contribution is 5.86. The summed E-state index contributed by atoms with van der Waals surface area (Å²) < 4.78 is 10.8. The molecule has 0 aliphatic carbocycles. The van der Waals surface area contributed by atoms with E-state index in [-0.39, 0.29) is 6.61 Å². The lowest BCUT2D eigenvalue weighted by atomic mass is 9.82. The first-order valence-electron chi connectivity index (χ1n) is 7.42. The average Bonchev–Trinajstić information content (AvgIpc) is 2.58. The van der Waals surface area contributed by atoms with Gasteiger partial charge in [0.25, 0.3) is 0 Å². The molecule has 5 nitrogen and oxygen atoms in total. The molecule has 1 aromatic carbocycles. The monoisotopic (exact) mass is 308 g/mol. The number of ether oxygens (including phenoxy) is 2. The Hall–Kier alpha value is -2.87. The summed E-state index contributed by atoms with van der Waals surface area (Å²) in [4.78, 5) is 16.4. The largest absolute Gasteiger partial charge is 0.465 e. The van der Waals surface area contributed by atoms with E-state index < -0.39 is 11.4 Å². The van der Waals surface area contributed by atoms with E-state index in [1.807, 2.05) is 18.2 Å². The smallest absolute Gasteiger partial charge is 0.330 e. The second-order valence-electron chi connectivity index (χ2n) is 5.53. The molecule has 2 heterocycles. The van der Waals surface area contributed by atoms with Crippen molar-refractivity contribution in [2.24, 2.45) is 0 Å². The summed E-state index contributed by atoms with van der Waals surface area (Å²) in [6, 6.07) is 11.2. The molecular weight excluding hydrogens is 292 g/mol. The van der Waals surface area contributed by atoms with Gasteiger partial charge in [-0.1, -0.05) is 12.1 Å². The Labute approximate surface area is 134 Å². The number of nitrogens with zero attached hydrogens (tertiary/aromatic N) is 2. The lowest BCUT2D eigenvalue weighted by Crippen LogP contribution is -2.33. The van der Waals surface area contributed by atoms with Crippen LogP contribution in [-0.2, 0) is 21.4 Å². The second kappa shape index (κ2) is 5.73. The average molecular weight is 308 g/mol. The summed E-state index contributed by atoms with van der Waals surface area (Å²) in [6.07, 6.45) is 2.34. The maximum absolute atomic E-state index is 12.2. The molecule has 0 saturated carbocycles. The number of carbonyl (C=O) groups excluding carboxylic acids is 1. The third kappa shape index (κ3) is 2.53. The van der Waals surface area contributed by atoms with Gasteiger partial charge >= 0.3 is 5.97 Å². The van der Waals surface area contributed by atoms with E-state index in [1.165, 1.54) is 0 Å². The van der Waals surface area contributed by atoms with Gasteiger partial charge in [0.2, 0.25) is 5.88 Å². The van der Waals surface area contributed by atoms with Crippen LogP contribution < -0.4 is 4.74 Å². The van der Waals surface area contributed by atoms with Crippen molar-refractivity contribution in [1.82, 2.24) is 4.98 Å². The van der Waals surface area contributed by atoms with E-state index in [9.17, 15) is 10.1 Å². The molecule has 0 saturated heterocycles. The molecule has 0 radical (unpaired) electrons. The molecule has 0 fully saturated rings. The number of rotatable bonds is 3. The van der Waals surface area contributed by atoms with Crippen LogP contribution in [0.5, 0.6) is 11.6 Å². The van der Waals surface area contributed by atoms with Gasteiger partial charge in [-0.3, -0.25) is 0 Å². The first-order chi connectivity index (χ1) is 11.1. The van der Waals surface area contributed by atoms with Crippen molar-refractivity contribution in [1.29, 1.82) is 5.26 Å². The normalized spacial score (nSPS) is 14.5. The van der Waals surface area contributed by atoms with Crippen molar-refractivity contribution in [2.75, 3.05) is 6.61 Å². The van der Waals surface area contributed by atoms with E-state index in [1.54, 1.807) is 32.2 Å². The van der Waals surface area contributed by atoms with Crippen LogP contribution in [0.3, 0.4) is 0 Å². The topological polar surface area (TPSA) is 72.2 Å². The Morgan fingerprint density at radius 2 is 2.26 bits per heavy atom. The molecule has 0 unspecified atom stereocenters. The highest BCUT2D eigenvalue weighted by Crippen LogP contribution is 2.37. The van der Waals surface area contributed by atoms with Crippen molar-refractivity contribution in [3.05, 3.63) is 53.2 Å². The minimum atomic E-state index is -1.33. The molecule has 1 aromatic heterocycles. The zero-order chi connectivity index (χ0) is 16.4. The van der Waals surface area contributed by atoms with Crippen LogP contribution in [0.4, 0.5) is 0 Å². The Morgan fingerprint density at radius 1 is 1.43 bits per heavy atom. The molecule has 3 rings (SSSR count). The van der Waals surface area contributed by atoms with Crippen LogP contribution in [0.15, 0.2) is 36.5 Å². The van der Waals surface area contributed by atoms with Crippen LogP contribution in [0, 0.1) is 11.3 Å². The van der Waals surface area contributed by atoms with Crippen LogP contribution in [-0.4, -0.2) is 17.6 Å². The van der Waals surface area contributed by atoms with E-state index in [0.29, 0.717) is 23.6 Å². The standard InChI is InChI=1S/C18H16N2O3/c1-3-22-17(21)18(2,11-19)14-6-7-15-13(10-14)9-12-5-4-8-20-16(12)23-15/h4-8,10H,3,9H2,1-2H3/t18-/m1/s1. The van der Waals surface area contributed by atoms with Gasteiger partial charge < -0.3 is 9.47 Å². The van der Waals surface area contributed by atoms with Gasteiger partial charge in [0.1, 0.15) is 5.75 Å². The summed E-state index contributed by atoms with van der Waals surface area (Å²) in [5, 5.41) is 9.51. The van der Waals surface area contributed by atoms with Gasteiger partial charge in [-0.25, -0.2) is 9.78 Å². The van der Waals surface area contributed by atoms with E-state index >= 15 is 0 Å². The fourth-order valence-electron chi connectivity index (χ4n) is 2.59. The zero-order valence-corrected chi connectivity index (χ0v) is 13.0. The van der Waals surface area contributed by atoms with Gasteiger partial charge in [-0.15, -0.1) is 0 Å². The van der Waals surface area contributed by atoms with E-state index in [0.717, 1.165) is 11.1 Å². The Balaban J connectivity index is 1.99. The number of pyridine rings is 1. The third-order valence-electron chi connectivity index (χ3n) is 3.98. The summed E-state index contributed by atoms with van der Waals surface area (Å²) in [5.74, 6) is 0.756. The SMILES string of the molecule is CCOC(=O)[C@](C)(C#N)c1ccc2c(c1)Cc1cccnc1O2. The molecule has 1 aliphatic heterocycles. The van der Waals surface area contributed by atoms with Crippen molar-refractivity contribution < 1.29 is 14.3 Å². The van der Waals surface area contributed by atoms with Crippen molar-refractivity contribution >= 4 is 5.97 Å². The van der Waals surface area contributed by atoms with Gasteiger partial charge in [0, 0.05) is 18.2 Å². The molecule has 0 spiro atoms. The quantitative estimate of drug-likeness (QED) is 0.695. The summed E-state index contributed by atoms with van der Waals surface area (Å²) in [5.41, 5.74) is 1.18. The highest BCUT2D eigenvalue weighted by atomic mass is 16.5. The first-order valence-corrected chi connectivity index (χ1v) is 7.42. The molecule has 23 heavy (non-hydrogen) atoms. The fraction of sp³-hybridized carbons (Fsp3) is 0.278. The summed E-state index contributed by atoms with van der Waals surface area (Å²) in [6.45, 7) is 3.54. The number of carbonyl (C=O) groups is 1. The number of hydrogen-bond donors (Lipinski definition) is 0. The number of hydrogen-bond acceptors (Lipinski definition) is 5. The van der Waals surface area contributed by atoms with Gasteiger partial charge in [-0.05, 0) is 43.2 Å². The van der Waals surface area contributed by atoms with Crippen LogP contribution in [0.1, 0.15) is 30.5 Å². The van der Waals surface area contributed by atoms with Crippen LogP contribution >= 0.6 is 0 Å². The number of benzene rings is 1. The van der Waals surface area contributed by atoms with Crippen molar-refractivity contribution in [3.63, 3.8) is 0 Å². The van der Waals surface area contributed by atoms with Gasteiger partial charge in [0.05, 0.1) is 12.7 Å². The molecule has 116 valence electrons. The van der Waals surface area contributed by atoms with Crippen molar-refractivity contribution in [3.8, 4) is 17.7 Å². The number of fused-ring (bicyclic) bond motifs is 2. The Bertz CT molecular complexity index is 810. The summed E-state index contributed by atoms with van der Waals surface area (Å²) in [7, 11) is 0. The fourth-order valence-corrected chi connectivity index (χ4v) is 2.59. The maximum Gasteiger partial charge on any atom is 0.330 e. The first kappa shape index (κ1) is 15.0. The minimum absolute atomic E-state index is 0.239. The predicted molar refractivity (Wildman–Crippen MR) is 83.2 cm³/mol. The lowest BCUT2D eigenvalue weighted by molar-refractivity contribution is -0.147.